The molecule has 0 fully saturated rings. The third kappa shape index (κ3) is 3.35. The zero-order valence-electron chi connectivity index (χ0n) is 14.1. The highest BCUT2D eigenvalue weighted by atomic mass is 79.9. The van der Waals surface area contributed by atoms with Crippen LogP contribution in [0, 0.1) is 0 Å². The minimum Gasteiger partial charge on any atom is -0.497 e. The zero-order valence-corrected chi connectivity index (χ0v) is 15.7. The molecule has 0 saturated carbocycles. The van der Waals surface area contributed by atoms with Crippen molar-refractivity contribution in [3.8, 4) is 23.0 Å². The van der Waals surface area contributed by atoms with Crippen LogP contribution in [0.1, 0.15) is 15.9 Å². The van der Waals surface area contributed by atoms with Gasteiger partial charge in [0.05, 0.1) is 26.9 Å². The van der Waals surface area contributed by atoms with Crippen LogP contribution in [0.5, 0.6) is 23.0 Å². The van der Waals surface area contributed by atoms with Gasteiger partial charge in [0.15, 0.2) is 17.3 Å². The molecule has 2 aromatic rings. The largest absolute Gasteiger partial charge is 0.497 e. The first-order valence-electron chi connectivity index (χ1n) is 7.55. The highest BCUT2D eigenvalue weighted by Gasteiger charge is 2.24. The van der Waals surface area contributed by atoms with Crippen molar-refractivity contribution in [1.29, 1.82) is 0 Å². The van der Waals surface area contributed by atoms with Gasteiger partial charge in [0.2, 0.25) is 0 Å². The summed E-state index contributed by atoms with van der Waals surface area (Å²) in [6.07, 6.45) is 1.79. The summed E-state index contributed by atoms with van der Waals surface area (Å²) in [5.41, 5.74) is 1.85. The lowest BCUT2D eigenvalue weighted by atomic mass is 9.98. The molecule has 0 aliphatic carbocycles. The van der Waals surface area contributed by atoms with Crippen LogP contribution >= 0.6 is 15.9 Å². The highest BCUT2D eigenvalue weighted by molar-refractivity contribution is 9.10. The topological polar surface area (TPSA) is 54.0 Å². The summed E-state index contributed by atoms with van der Waals surface area (Å²) in [5, 5.41) is 0. The van der Waals surface area contributed by atoms with Crippen LogP contribution in [0.3, 0.4) is 0 Å². The Morgan fingerprint density at radius 3 is 2.44 bits per heavy atom. The van der Waals surface area contributed by atoms with Crippen LogP contribution in [-0.2, 0) is 0 Å². The van der Waals surface area contributed by atoms with Gasteiger partial charge in [-0.15, -0.1) is 0 Å². The Morgan fingerprint density at radius 1 is 1.04 bits per heavy atom. The standard InChI is InChI=1S/C19H17BrO5/c1-22-13-4-5-16-14(8-13)19(21)12(10-25-16)6-11-7-17(23-2)18(24-3)9-15(11)20/h4-9H,10H2,1-3H3/b12-6+. The predicted octanol–water partition coefficient (Wildman–Crippen LogP) is 4.13. The first-order chi connectivity index (χ1) is 12.1. The minimum atomic E-state index is -0.0816. The summed E-state index contributed by atoms with van der Waals surface area (Å²) >= 11 is 3.50. The molecule has 1 heterocycles. The van der Waals surface area contributed by atoms with Crippen molar-refractivity contribution in [3.05, 3.63) is 51.5 Å². The summed E-state index contributed by atoms with van der Waals surface area (Å²) < 4.78 is 22.3. The second-order valence-corrected chi connectivity index (χ2v) is 6.23. The van der Waals surface area contributed by atoms with Crippen LogP contribution in [0.25, 0.3) is 6.08 Å². The van der Waals surface area contributed by atoms with E-state index in [2.05, 4.69) is 15.9 Å². The van der Waals surface area contributed by atoms with Crippen molar-refractivity contribution in [2.75, 3.05) is 27.9 Å². The predicted molar refractivity (Wildman–Crippen MR) is 98.0 cm³/mol. The molecule has 130 valence electrons. The quantitative estimate of drug-likeness (QED) is 0.716. The van der Waals surface area contributed by atoms with E-state index in [1.807, 2.05) is 6.07 Å². The number of hydrogen-bond donors (Lipinski definition) is 0. The maximum atomic E-state index is 12.8. The van der Waals surface area contributed by atoms with Gasteiger partial charge in [-0.05, 0) is 42.0 Å². The van der Waals surface area contributed by atoms with Crippen molar-refractivity contribution in [2.24, 2.45) is 0 Å². The average Bonchev–Trinajstić information content (AvgIpc) is 2.64. The summed E-state index contributed by atoms with van der Waals surface area (Å²) in [7, 11) is 4.71. The van der Waals surface area contributed by atoms with Gasteiger partial charge in [-0.2, -0.15) is 0 Å². The number of hydrogen-bond acceptors (Lipinski definition) is 5. The number of halogens is 1. The Kier molecular flexibility index (Phi) is 4.99. The van der Waals surface area contributed by atoms with E-state index in [1.165, 1.54) is 0 Å². The number of Topliss-reactive ketones (excluding diaryl/α,β-unsaturated/α-hetero) is 1. The van der Waals surface area contributed by atoms with Gasteiger partial charge < -0.3 is 18.9 Å². The van der Waals surface area contributed by atoms with Gasteiger partial charge in [0.1, 0.15) is 18.1 Å². The molecular weight excluding hydrogens is 388 g/mol. The van der Waals surface area contributed by atoms with Crippen LogP contribution in [0.4, 0.5) is 0 Å². The molecule has 0 bridgehead atoms. The van der Waals surface area contributed by atoms with E-state index in [9.17, 15) is 4.79 Å². The van der Waals surface area contributed by atoms with Crippen LogP contribution in [0.2, 0.25) is 0 Å². The molecule has 0 aromatic heterocycles. The molecule has 1 aliphatic heterocycles. The SMILES string of the molecule is COc1ccc2c(c1)C(=O)/C(=C/c1cc(OC)c(OC)cc1Br)CO2. The number of ether oxygens (including phenoxy) is 4. The Labute approximate surface area is 154 Å². The second kappa shape index (κ2) is 7.19. The van der Waals surface area contributed by atoms with Crippen LogP contribution < -0.4 is 18.9 Å². The average molecular weight is 405 g/mol. The Bertz CT molecular complexity index is 857. The van der Waals surface area contributed by atoms with E-state index in [0.717, 1.165) is 10.0 Å². The van der Waals surface area contributed by atoms with E-state index >= 15 is 0 Å². The van der Waals surface area contributed by atoms with Gasteiger partial charge in [-0.1, -0.05) is 15.9 Å². The maximum absolute atomic E-state index is 12.8. The number of fused-ring (bicyclic) bond motifs is 1. The number of rotatable bonds is 4. The molecule has 2 aromatic carbocycles. The number of carbonyl (C=O) groups is 1. The van der Waals surface area contributed by atoms with Crippen molar-refractivity contribution >= 4 is 27.8 Å². The first kappa shape index (κ1) is 17.4. The van der Waals surface area contributed by atoms with Crippen LogP contribution in [0.15, 0.2) is 40.4 Å². The van der Waals surface area contributed by atoms with Crippen molar-refractivity contribution in [3.63, 3.8) is 0 Å². The first-order valence-corrected chi connectivity index (χ1v) is 8.34. The minimum absolute atomic E-state index is 0.0816. The molecule has 0 atom stereocenters. The fourth-order valence-electron chi connectivity index (χ4n) is 2.61. The maximum Gasteiger partial charge on any atom is 0.196 e. The third-order valence-corrected chi connectivity index (χ3v) is 4.63. The van der Waals surface area contributed by atoms with Gasteiger partial charge in [-0.3, -0.25) is 4.79 Å². The second-order valence-electron chi connectivity index (χ2n) is 5.38. The summed E-state index contributed by atoms with van der Waals surface area (Å²) in [6, 6.07) is 8.82. The number of carbonyl (C=O) groups excluding carboxylic acids is 1. The molecule has 0 spiro atoms. The molecule has 25 heavy (non-hydrogen) atoms. The fraction of sp³-hybridized carbons (Fsp3) is 0.211. The zero-order chi connectivity index (χ0) is 18.0. The lowest BCUT2D eigenvalue weighted by Crippen LogP contribution is -2.19. The van der Waals surface area contributed by atoms with Crippen molar-refractivity contribution < 1.29 is 23.7 Å². The molecule has 6 heteroatoms. The lowest BCUT2D eigenvalue weighted by molar-refractivity contribution is 0.100. The highest BCUT2D eigenvalue weighted by Crippen LogP contribution is 2.36. The summed E-state index contributed by atoms with van der Waals surface area (Å²) in [4.78, 5) is 12.8. The molecule has 0 unspecified atom stereocenters. The summed E-state index contributed by atoms with van der Waals surface area (Å²) in [5.74, 6) is 2.29. The molecule has 3 rings (SSSR count). The molecular formula is C19H17BrO5. The molecule has 1 aliphatic rings. The van der Waals surface area contributed by atoms with E-state index in [-0.39, 0.29) is 12.4 Å². The van der Waals surface area contributed by atoms with Gasteiger partial charge >= 0.3 is 0 Å². The number of benzene rings is 2. The molecule has 0 radical (unpaired) electrons. The number of methoxy groups -OCH3 is 3. The molecule has 0 saturated heterocycles. The monoisotopic (exact) mass is 404 g/mol. The van der Waals surface area contributed by atoms with Crippen molar-refractivity contribution in [2.45, 2.75) is 0 Å². The molecule has 0 N–H and O–H groups in total. The van der Waals surface area contributed by atoms with E-state index in [1.54, 1.807) is 51.7 Å². The van der Waals surface area contributed by atoms with Gasteiger partial charge in [0, 0.05) is 10.0 Å². The Hall–Kier alpha value is -2.47. The van der Waals surface area contributed by atoms with Gasteiger partial charge in [-0.25, -0.2) is 0 Å². The van der Waals surface area contributed by atoms with Crippen LogP contribution in [-0.4, -0.2) is 33.7 Å². The van der Waals surface area contributed by atoms with E-state index < -0.39 is 0 Å². The lowest BCUT2D eigenvalue weighted by Gasteiger charge is -2.19. The molecule has 0 amide bonds. The van der Waals surface area contributed by atoms with Crippen molar-refractivity contribution in [1.82, 2.24) is 0 Å². The van der Waals surface area contributed by atoms with Gasteiger partial charge in [0.25, 0.3) is 0 Å². The normalized spacial score (nSPS) is 14.7. The van der Waals surface area contributed by atoms with E-state index in [0.29, 0.717) is 34.1 Å². The third-order valence-electron chi connectivity index (χ3n) is 3.94. The summed E-state index contributed by atoms with van der Waals surface area (Å²) in [6.45, 7) is 0.207. The number of ketones is 1. The fourth-order valence-corrected chi connectivity index (χ4v) is 3.05. The Morgan fingerprint density at radius 2 is 1.76 bits per heavy atom. The van der Waals surface area contributed by atoms with E-state index in [4.69, 9.17) is 18.9 Å². The Balaban J connectivity index is 2.01. The smallest absolute Gasteiger partial charge is 0.196 e. The molecule has 5 nitrogen and oxygen atoms in total.